The molecule has 138 valence electrons. The summed E-state index contributed by atoms with van der Waals surface area (Å²) in [4.78, 5) is 13.7. The van der Waals surface area contributed by atoms with Crippen LogP contribution in [-0.2, 0) is 10.8 Å². The molecule has 0 aliphatic heterocycles. The van der Waals surface area contributed by atoms with E-state index < -0.39 is 10.8 Å². The maximum atomic E-state index is 13.2. The maximum absolute atomic E-state index is 13.2. The first kappa shape index (κ1) is 18.1. The van der Waals surface area contributed by atoms with Gasteiger partial charge in [-0.2, -0.15) is 0 Å². The summed E-state index contributed by atoms with van der Waals surface area (Å²) in [5, 5.41) is 1.37. The Hall–Kier alpha value is -3.24. The number of nitrogens with zero attached hydrogens (tertiary/aromatic N) is 1. The van der Waals surface area contributed by atoms with E-state index in [1.807, 2.05) is 91.9 Å². The van der Waals surface area contributed by atoms with Crippen molar-refractivity contribution < 1.29 is 9.00 Å². The van der Waals surface area contributed by atoms with Crippen LogP contribution in [0.25, 0.3) is 17.0 Å². The van der Waals surface area contributed by atoms with Gasteiger partial charge in [-0.05, 0) is 42.8 Å². The molecule has 0 spiro atoms. The standard InChI is InChI=1S/C24H19NO2S/c1-18-11-14-21(15-12-18)28(27)24-17-20-9-5-6-10-22(20)25(24)23(26)16-13-19-7-3-2-4-8-19/h2-17H,1H3/b16-13+/t28-/m0/s1. The van der Waals surface area contributed by atoms with Gasteiger partial charge in [0.05, 0.1) is 5.52 Å². The maximum Gasteiger partial charge on any atom is 0.256 e. The van der Waals surface area contributed by atoms with Crippen molar-refractivity contribution >= 4 is 33.7 Å². The number of hydrogen-bond acceptors (Lipinski definition) is 2. The van der Waals surface area contributed by atoms with Gasteiger partial charge in [-0.1, -0.05) is 66.2 Å². The fraction of sp³-hybridized carbons (Fsp3) is 0.0417. The van der Waals surface area contributed by atoms with Crippen LogP contribution in [0.2, 0.25) is 0 Å². The van der Waals surface area contributed by atoms with Gasteiger partial charge >= 0.3 is 0 Å². The Morgan fingerprint density at radius 1 is 0.893 bits per heavy atom. The molecule has 3 nitrogen and oxygen atoms in total. The molecule has 0 aliphatic carbocycles. The molecule has 1 heterocycles. The summed E-state index contributed by atoms with van der Waals surface area (Å²) in [5.74, 6) is -0.222. The Labute approximate surface area is 166 Å². The molecule has 0 N–H and O–H groups in total. The second kappa shape index (κ2) is 7.79. The lowest BCUT2D eigenvalue weighted by Crippen LogP contribution is -2.12. The zero-order valence-corrected chi connectivity index (χ0v) is 16.2. The summed E-state index contributed by atoms with van der Waals surface area (Å²) in [7, 11) is -1.46. The van der Waals surface area contributed by atoms with Crippen molar-refractivity contribution in [2.75, 3.05) is 0 Å². The lowest BCUT2D eigenvalue weighted by atomic mass is 10.2. The Balaban J connectivity index is 1.79. The zero-order valence-electron chi connectivity index (χ0n) is 15.4. The quantitative estimate of drug-likeness (QED) is 0.437. The zero-order chi connectivity index (χ0) is 19.5. The van der Waals surface area contributed by atoms with Crippen LogP contribution in [0.4, 0.5) is 0 Å². The third-order valence-corrected chi connectivity index (χ3v) is 5.92. The van der Waals surface area contributed by atoms with E-state index in [9.17, 15) is 9.00 Å². The van der Waals surface area contributed by atoms with Crippen LogP contribution < -0.4 is 0 Å². The summed E-state index contributed by atoms with van der Waals surface area (Å²) in [6.45, 7) is 1.99. The van der Waals surface area contributed by atoms with E-state index in [1.165, 1.54) is 6.08 Å². The van der Waals surface area contributed by atoms with Gasteiger partial charge < -0.3 is 0 Å². The van der Waals surface area contributed by atoms with Gasteiger partial charge in [-0.25, -0.2) is 4.21 Å². The first-order chi connectivity index (χ1) is 13.6. The van der Waals surface area contributed by atoms with Crippen LogP contribution in [0.15, 0.2) is 101 Å². The molecule has 3 aromatic carbocycles. The van der Waals surface area contributed by atoms with Crippen LogP contribution >= 0.6 is 0 Å². The summed E-state index contributed by atoms with van der Waals surface area (Å²) < 4.78 is 14.8. The molecule has 0 unspecified atom stereocenters. The molecule has 0 amide bonds. The molecule has 0 bridgehead atoms. The fourth-order valence-electron chi connectivity index (χ4n) is 3.08. The Morgan fingerprint density at radius 2 is 1.57 bits per heavy atom. The molecule has 0 saturated heterocycles. The van der Waals surface area contributed by atoms with Crippen molar-refractivity contribution in [2.24, 2.45) is 0 Å². The van der Waals surface area contributed by atoms with Crippen LogP contribution in [0.1, 0.15) is 15.9 Å². The molecule has 4 rings (SSSR count). The number of para-hydroxylation sites is 1. The molecule has 0 fully saturated rings. The lowest BCUT2D eigenvalue weighted by Gasteiger charge is -2.07. The van der Waals surface area contributed by atoms with Gasteiger partial charge in [-0.3, -0.25) is 9.36 Å². The van der Waals surface area contributed by atoms with Crippen LogP contribution in [0.5, 0.6) is 0 Å². The number of benzene rings is 3. The van der Waals surface area contributed by atoms with Crippen LogP contribution in [0, 0.1) is 6.92 Å². The number of hydrogen-bond donors (Lipinski definition) is 0. The Kier molecular flexibility index (Phi) is 5.04. The number of carbonyl (C=O) groups excluding carboxylic acids is 1. The fourth-order valence-corrected chi connectivity index (χ4v) is 4.29. The van der Waals surface area contributed by atoms with Crippen molar-refractivity contribution in [1.29, 1.82) is 0 Å². The van der Waals surface area contributed by atoms with E-state index in [0.29, 0.717) is 9.92 Å². The highest BCUT2D eigenvalue weighted by Crippen LogP contribution is 2.26. The summed E-state index contributed by atoms with van der Waals surface area (Å²) in [6, 6.07) is 26.6. The average molecular weight is 385 g/mol. The minimum atomic E-state index is -1.46. The minimum absolute atomic E-state index is 0.222. The molecule has 1 aromatic heterocycles. The molecule has 4 heteroatoms. The van der Waals surface area contributed by atoms with Crippen molar-refractivity contribution in [3.63, 3.8) is 0 Å². The summed E-state index contributed by atoms with van der Waals surface area (Å²) in [5.41, 5.74) is 2.79. The van der Waals surface area contributed by atoms with Crippen molar-refractivity contribution in [1.82, 2.24) is 4.57 Å². The normalized spacial score (nSPS) is 12.5. The predicted molar refractivity (Wildman–Crippen MR) is 114 cm³/mol. The van der Waals surface area contributed by atoms with Crippen molar-refractivity contribution in [3.8, 4) is 0 Å². The molecule has 0 aliphatic rings. The molecule has 28 heavy (non-hydrogen) atoms. The molecule has 0 saturated carbocycles. The van der Waals surface area contributed by atoms with Crippen LogP contribution in [-0.4, -0.2) is 14.7 Å². The smallest absolute Gasteiger partial charge is 0.256 e. The van der Waals surface area contributed by atoms with E-state index >= 15 is 0 Å². The van der Waals surface area contributed by atoms with Crippen LogP contribution in [0.3, 0.4) is 0 Å². The third-order valence-electron chi connectivity index (χ3n) is 4.54. The minimum Gasteiger partial charge on any atom is -0.269 e. The average Bonchev–Trinajstić information content (AvgIpc) is 3.12. The largest absolute Gasteiger partial charge is 0.269 e. The second-order valence-corrected chi connectivity index (χ2v) is 7.97. The molecular formula is C24H19NO2S. The number of aromatic nitrogens is 1. The summed E-state index contributed by atoms with van der Waals surface area (Å²) in [6.07, 6.45) is 3.30. The topological polar surface area (TPSA) is 39.1 Å². The summed E-state index contributed by atoms with van der Waals surface area (Å²) >= 11 is 0. The molecule has 0 radical (unpaired) electrons. The monoisotopic (exact) mass is 385 g/mol. The highest BCUT2D eigenvalue weighted by atomic mass is 32.2. The Bertz CT molecular complexity index is 1190. The van der Waals surface area contributed by atoms with Crippen molar-refractivity contribution in [3.05, 3.63) is 102 Å². The van der Waals surface area contributed by atoms with Gasteiger partial charge in [0.15, 0.2) is 0 Å². The van der Waals surface area contributed by atoms with E-state index in [4.69, 9.17) is 0 Å². The second-order valence-electron chi connectivity index (χ2n) is 6.54. The van der Waals surface area contributed by atoms with Gasteiger partial charge in [0.2, 0.25) is 0 Å². The highest BCUT2D eigenvalue weighted by Gasteiger charge is 2.19. The lowest BCUT2D eigenvalue weighted by molar-refractivity contribution is 0.0966. The van der Waals surface area contributed by atoms with Gasteiger partial charge in [0, 0.05) is 16.4 Å². The number of aryl methyl sites for hydroxylation is 1. The first-order valence-corrected chi connectivity index (χ1v) is 10.1. The number of allylic oxidation sites excluding steroid dienone is 1. The van der Waals surface area contributed by atoms with Gasteiger partial charge in [0.25, 0.3) is 5.91 Å². The number of rotatable bonds is 4. The van der Waals surface area contributed by atoms with Crippen molar-refractivity contribution in [2.45, 2.75) is 16.8 Å². The highest BCUT2D eigenvalue weighted by molar-refractivity contribution is 7.85. The number of carbonyl (C=O) groups is 1. The molecule has 1 atom stereocenters. The number of fused-ring (bicyclic) bond motifs is 1. The Morgan fingerprint density at radius 3 is 2.32 bits per heavy atom. The van der Waals surface area contributed by atoms with Gasteiger partial charge in [-0.15, -0.1) is 0 Å². The van der Waals surface area contributed by atoms with E-state index in [-0.39, 0.29) is 5.91 Å². The SMILES string of the molecule is Cc1ccc([S@](=O)c2cc3ccccc3n2C(=O)/C=C/c2ccccc2)cc1. The molecule has 4 aromatic rings. The predicted octanol–water partition coefficient (Wildman–Crippen LogP) is 5.47. The first-order valence-electron chi connectivity index (χ1n) is 9.00. The van der Waals surface area contributed by atoms with E-state index in [2.05, 4.69) is 0 Å². The molecular weight excluding hydrogens is 366 g/mol. The van der Waals surface area contributed by atoms with Gasteiger partial charge in [0.1, 0.15) is 15.8 Å². The van der Waals surface area contributed by atoms with E-state index in [0.717, 1.165) is 22.0 Å². The third kappa shape index (κ3) is 3.59. The van der Waals surface area contributed by atoms with E-state index in [1.54, 1.807) is 10.6 Å².